The van der Waals surface area contributed by atoms with E-state index in [4.69, 9.17) is 9.26 Å². The molecular formula is C20H20N2O3. The number of carbonyl (C=O) groups is 1. The second-order valence-corrected chi connectivity index (χ2v) is 5.81. The van der Waals surface area contributed by atoms with Crippen molar-refractivity contribution in [3.05, 3.63) is 65.4 Å². The van der Waals surface area contributed by atoms with Crippen molar-refractivity contribution in [3.8, 4) is 17.1 Å². The summed E-state index contributed by atoms with van der Waals surface area (Å²) in [4.78, 5) is 12.4. The number of anilines is 1. The van der Waals surface area contributed by atoms with Gasteiger partial charge in [-0.3, -0.25) is 4.79 Å². The van der Waals surface area contributed by atoms with Crippen LogP contribution in [0.5, 0.6) is 5.75 Å². The Hall–Kier alpha value is -3.08. The van der Waals surface area contributed by atoms with Gasteiger partial charge in [0.2, 0.25) is 0 Å². The number of aryl methyl sites for hydroxylation is 2. The second kappa shape index (κ2) is 7.21. The number of hydrogen-bond donors (Lipinski definition) is 1. The van der Waals surface area contributed by atoms with Gasteiger partial charge in [-0.1, -0.05) is 17.3 Å². The Balaban J connectivity index is 1.76. The summed E-state index contributed by atoms with van der Waals surface area (Å²) in [5, 5.41) is 6.76. The van der Waals surface area contributed by atoms with Gasteiger partial charge in [0.25, 0.3) is 5.91 Å². The van der Waals surface area contributed by atoms with Crippen molar-refractivity contribution in [3.63, 3.8) is 0 Å². The first-order chi connectivity index (χ1) is 12.1. The summed E-state index contributed by atoms with van der Waals surface area (Å²) in [6, 6.07) is 15.0. The van der Waals surface area contributed by atoms with Gasteiger partial charge in [0, 0.05) is 17.3 Å². The van der Waals surface area contributed by atoms with Gasteiger partial charge in [-0.05, 0) is 62.2 Å². The number of benzene rings is 2. The molecule has 5 nitrogen and oxygen atoms in total. The number of amides is 1. The molecule has 0 aliphatic carbocycles. The monoisotopic (exact) mass is 336 g/mol. The molecule has 0 aliphatic rings. The average molecular weight is 336 g/mol. The van der Waals surface area contributed by atoms with Gasteiger partial charge >= 0.3 is 0 Å². The zero-order valence-electron chi connectivity index (χ0n) is 14.5. The smallest absolute Gasteiger partial charge is 0.277 e. The summed E-state index contributed by atoms with van der Waals surface area (Å²) in [7, 11) is 0. The molecule has 0 bridgehead atoms. The van der Waals surface area contributed by atoms with Gasteiger partial charge in [-0.15, -0.1) is 0 Å². The Labute approximate surface area is 146 Å². The van der Waals surface area contributed by atoms with Crippen molar-refractivity contribution in [2.24, 2.45) is 0 Å². The van der Waals surface area contributed by atoms with Crippen molar-refractivity contribution in [1.29, 1.82) is 0 Å². The maximum atomic E-state index is 12.4. The lowest BCUT2D eigenvalue weighted by Gasteiger charge is -2.07. The number of nitrogens with zero attached hydrogens (tertiary/aromatic N) is 1. The second-order valence-electron chi connectivity index (χ2n) is 5.81. The molecule has 0 spiro atoms. The molecule has 0 atom stereocenters. The first-order valence-electron chi connectivity index (χ1n) is 8.15. The zero-order chi connectivity index (χ0) is 17.8. The van der Waals surface area contributed by atoms with Crippen molar-refractivity contribution >= 4 is 11.6 Å². The normalized spacial score (nSPS) is 10.5. The summed E-state index contributed by atoms with van der Waals surface area (Å²) < 4.78 is 10.7. The highest BCUT2D eigenvalue weighted by molar-refractivity contribution is 6.03. The van der Waals surface area contributed by atoms with E-state index < -0.39 is 0 Å². The maximum Gasteiger partial charge on any atom is 0.277 e. The number of carbonyl (C=O) groups excluding carboxylic acids is 1. The molecule has 128 valence electrons. The van der Waals surface area contributed by atoms with Gasteiger partial charge in [0.15, 0.2) is 11.5 Å². The summed E-state index contributed by atoms with van der Waals surface area (Å²) >= 11 is 0. The summed E-state index contributed by atoms with van der Waals surface area (Å²) in [5.41, 5.74) is 3.92. The largest absolute Gasteiger partial charge is 0.494 e. The molecule has 25 heavy (non-hydrogen) atoms. The molecular weight excluding hydrogens is 316 g/mol. The summed E-state index contributed by atoms with van der Waals surface area (Å²) in [6.07, 6.45) is 0. The van der Waals surface area contributed by atoms with E-state index in [1.807, 2.05) is 63.2 Å². The minimum absolute atomic E-state index is 0.241. The Bertz CT molecular complexity index is 882. The molecule has 1 aromatic heterocycles. The quantitative estimate of drug-likeness (QED) is 0.739. The summed E-state index contributed by atoms with van der Waals surface area (Å²) in [6.45, 7) is 6.48. The zero-order valence-corrected chi connectivity index (χ0v) is 14.5. The summed E-state index contributed by atoms with van der Waals surface area (Å²) in [5.74, 6) is 1.03. The fraction of sp³-hybridized carbons (Fsp3) is 0.200. The molecule has 0 saturated carbocycles. The molecule has 3 aromatic rings. The van der Waals surface area contributed by atoms with E-state index in [1.54, 1.807) is 6.07 Å². The third kappa shape index (κ3) is 3.88. The third-order valence-electron chi connectivity index (χ3n) is 3.83. The SMILES string of the molecule is CCOc1ccc(-c2cc(C(=O)Nc3cc(C)ccc3C)no2)cc1. The minimum Gasteiger partial charge on any atom is -0.494 e. The van der Waals surface area contributed by atoms with E-state index in [0.29, 0.717) is 12.4 Å². The van der Waals surface area contributed by atoms with Gasteiger partial charge < -0.3 is 14.6 Å². The maximum absolute atomic E-state index is 12.4. The Morgan fingerprint density at radius 3 is 2.60 bits per heavy atom. The van der Waals surface area contributed by atoms with Gasteiger partial charge in [-0.25, -0.2) is 0 Å². The highest BCUT2D eigenvalue weighted by Crippen LogP contribution is 2.24. The standard InChI is InChI=1S/C20H20N2O3/c1-4-24-16-9-7-15(8-10-16)19-12-18(22-25-19)20(23)21-17-11-13(2)5-6-14(17)3/h5-12H,4H2,1-3H3,(H,21,23). The van der Waals surface area contributed by atoms with E-state index in [2.05, 4.69) is 10.5 Å². The van der Waals surface area contributed by atoms with Crippen LogP contribution in [-0.2, 0) is 0 Å². The Kier molecular flexibility index (Phi) is 4.84. The van der Waals surface area contributed by atoms with E-state index in [-0.39, 0.29) is 11.6 Å². The molecule has 2 aromatic carbocycles. The van der Waals surface area contributed by atoms with Gasteiger partial charge in [0.05, 0.1) is 6.61 Å². The lowest BCUT2D eigenvalue weighted by Crippen LogP contribution is -2.13. The van der Waals surface area contributed by atoms with Crippen LogP contribution in [0.15, 0.2) is 53.1 Å². The topological polar surface area (TPSA) is 64.4 Å². The predicted molar refractivity (Wildman–Crippen MR) is 97.0 cm³/mol. The van der Waals surface area contributed by atoms with E-state index in [9.17, 15) is 4.79 Å². The molecule has 3 rings (SSSR count). The molecule has 0 aliphatic heterocycles. The van der Waals surface area contributed by atoms with Crippen LogP contribution in [0.3, 0.4) is 0 Å². The number of ether oxygens (including phenoxy) is 1. The molecule has 1 N–H and O–H groups in total. The molecule has 0 fully saturated rings. The van der Waals surface area contributed by atoms with Crippen LogP contribution in [-0.4, -0.2) is 17.7 Å². The molecule has 1 heterocycles. The predicted octanol–water partition coefficient (Wildman–Crippen LogP) is 4.61. The van der Waals surface area contributed by atoms with Crippen LogP contribution in [0, 0.1) is 13.8 Å². The van der Waals surface area contributed by atoms with Crippen LogP contribution in [0.2, 0.25) is 0 Å². The van der Waals surface area contributed by atoms with Crippen LogP contribution >= 0.6 is 0 Å². The van der Waals surface area contributed by atoms with Crippen LogP contribution < -0.4 is 10.1 Å². The molecule has 1 amide bonds. The highest BCUT2D eigenvalue weighted by Gasteiger charge is 2.15. The molecule has 0 unspecified atom stereocenters. The fourth-order valence-electron chi connectivity index (χ4n) is 2.46. The first-order valence-corrected chi connectivity index (χ1v) is 8.15. The van der Waals surface area contributed by atoms with E-state index in [1.165, 1.54) is 0 Å². The van der Waals surface area contributed by atoms with Crippen molar-refractivity contribution in [2.45, 2.75) is 20.8 Å². The molecule has 0 saturated heterocycles. The van der Waals surface area contributed by atoms with Crippen LogP contribution in [0.4, 0.5) is 5.69 Å². The van der Waals surface area contributed by atoms with Crippen LogP contribution in [0.1, 0.15) is 28.5 Å². The van der Waals surface area contributed by atoms with Crippen LogP contribution in [0.25, 0.3) is 11.3 Å². The molecule has 0 radical (unpaired) electrons. The number of nitrogens with one attached hydrogen (secondary N) is 1. The van der Waals surface area contributed by atoms with Gasteiger partial charge in [-0.2, -0.15) is 0 Å². The number of aromatic nitrogens is 1. The van der Waals surface area contributed by atoms with Crippen molar-refractivity contribution < 1.29 is 14.1 Å². The van der Waals surface area contributed by atoms with Crippen molar-refractivity contribution in [1.82, 2.24) is 5.16 Å². The minimum atomic E-state index is -0.297. The third-order valence-corrected chi connectivity index (χ3v) is 3.83. The lowest BCUT2D eigenvalue weighted by atomic mass is 10.1. The Morgan fingerprint density at radius 2 is 1.88 bits per heavy atom. The van der Waals surface area contributed by atoms with Crippen molar-refractivity contribution in [2.75, 3.05) is 11.9 Å². The van der Waals surface area contributed by atoms with E-state index in [0.717, 1.165) is 28.1 Å². The van der Waals surface area contributed by atoms with Gasteiger partial charge in [0.1, 0.15) is 5.75 Å². The average Bonchev–Trinajstić information content (AvgIpc) is 3.09. The number of hydrogen-bond acceptors (Lipinski definition) is 4. The number of rotatable bonds is 5. The van der Waals surface area contributed by atoms with E-state index >= 15 is 0 Å². The molecule has 5 heteroatoms. The first kappa shape index (κ1) is 16.8. The highest BCUT2D eigenvalue weighted by atomic mass is 16.5. The Morgan fingerprint density at radius 1 is 1.12 bits per heavy atom. The lowest BCUT2D eigenvalue weighted by molar-refractivity contribution is 0.101. The fourth-order valence-corrected chi connectivity index (χ4v) is 2.46.